The molecule has 0 fully saturated rings. The van der Waals surface area contributed by atoms with Crippen molar-refractivity contribution in [2.75, 3.05) is 16.6 Å². The van der Waals surface area contributed by atoms with E-state index in [0.717, 1.165) is 5.69 Å². The first-order chi connectivity index (χ1) is 9.03. The molecule has 6 nitrogen and oxygen atoms in total. The van der Waals surface area contributed by atoms with E-state index in [1.807, 2.05) is 6.92 Å². The molecule has 2 aromatic rings. The third-order valence-corrected chi connectivity index (χ3v) is 4.53. The molecular formula is C11H14N4O2S2. The van der Waals surface area contributed by atoms with Gasteiger partial charge in [-0.1, -0.05) is 0 Å². The largest absolute Gasteiger partial charge is 0.383 e. The maximum Gasteiger partial charge on any atom is 0.283 e. The van der Waals surface area contributed by atoms with Crippen LogP contribution in [0.1, 0.15) is 12.6 Å². The van der Waals surface area contributed by atoms with E-state index in [0.29, 0.717) is 17.4 Å². The second kappa shape index (κ2) is 5.54. The number of hydrogen-bond acceptors (Lipinski definition) is 6. The Hall–Kier alpha value is -1.67. The standard InChI is InChI=1S/C11H14N4O2S2/c1-3-12-9-5-4-6-13-10(9)19(16,17)15-11-14-8(2)7-18-11/h4-7,12H,3H2,1-2H3,(H,14,15). The number of rotatable bonds is 5. The van der Waals surface area contributed by atoms with Gasteiger partial charge in [-0.25, -0.2) is 9.97 Å². The zero-order valence-electron chi connectivity index (χ0n) is 10.5. The van der Waals surface area contributed by atoms with Gasteiger partial charge >= 0.3 is 0 Å². The van der Waals surface area contributed by atoms with Crippen LogP contribution < -0.4 is 10.0 Å². The molecule has 0 radical (unpaired) electrons. The normalized spacial score (nSPS) is 11.3. The molecule has 0 aromatic carbocycles. The van der Waals surface area contributed by atoms with E-state index in [4.69, 9.17) is 0 Å². The fourth-order valence-corrected chi connectivity index (χ4v) is 3.55. The first-order valence-corrected chi connectivity index (χ1v) is 8.03. The minimum atomic E-state index is -3.73. The lowest BCUT2D eigenvalue weighted by Gasteiger charge is -2.10. The molecule has 2 N–H and O–H groups in total. The van der Waals surface area contributed by atoms with E-state index in [-0.39, 0.29) is 5.03 Å². The summed E-state index contributed by atoms with van der Waals surface area (Å²) in [7, 11) is -3.73. The van der Waals surface area contributed by atoms with Gasteiger partial charge in [0.15, 0.2) is 10.2 Å². The number of hydrogen-bond donors (Lipinski definition) is 2. The van der Waals surface area contributed by atoms with Gasteiger partial charge < -0.3 is 5.32 Å². The number of anilines is 2. The molecule has 0 saturated carbocycles. The molecule has 0 bridgehead atoms. The van der Waals surface area contributed by atoms with Crippen molar-refractivity contribution in [1.82, 2.24) is 9.97 Å². The summed E-state index contributed by atoms with van der Waals surface area (Å²) in [5.41, 5.74) is 1.25. The van der Waals surface area contributed by atoms with Gasteiger partial charge in [-0.2, -0.15) is 8.42 Å². The van der Waals surface area contributed by atoms with Crippen molar-refractivity contribution in [2.45, 2.75) is 18.9 Å². The van der Waals surface area contributed by atoms with Gasteiger partial charge in [-0.15, -0.1) is 11.3 Å². The van der Waals surface area contributed by atoms with Crippen molar-refractivity contribution < 1.29 is 8.42 Å². The van der Waals surface area contributed by atoms with Gasteiger partial charge in [0.1, 0.15) is 0 Å². The van der Waals surface area contributed by atoms with E-state index in [1.54, 1.807) is 24.4 Å². The Morgan fingerprint density at radius 1 is 1.42 bits per heavy atom. The van der Waals surface area contributed by atoms with Crippen LogP contribution in [0.3, 0.4) is 0 Å². The maximum absolute atomic E-state index is 12.3. The summed E-state index contributed by atoms with van der Waals surface area (Å²) in [5.74, 6) is 0. The van der Waals surface area contributed by atoms with Crippen molar-refractivity contribution in [2.24, 2.45) is 0 Å². The Bertz CT molecular complexity index is 667. The fraction of sp³-hybridized carbons (Fsp3) is 0.273. The Balaban J connectivity index is 2.34. The summed E-state index contributed by atoms with van der Waals surface area (Å²) >= 11 is 1.24. The highest BCUT2D eigenvalue weighted by atomic mass is 32.2. The highest BCUT2D eigenvalue weighted by Crippen LogP contribution is 2.23. The average molecular weight is 298 g/mol. The molecule has 102 valence electrons. The van der Waals surface area contributed by atoms with E-state index in [9.17, 15) is 8.42 Å². The Morgan fingerprint density at radius 3 is 2.84 bits per heavy atom. The predicted molar refractivity (Wildman–Crippen MR) is 76.1 cm³/mol. The van der Waals surface area contributed by atoms with Crippen LogP contribution in [0, 0.1) is 6.92 Å². The SMILES string of the molecule is CCNc1cccnc1S(=O)(=O)Nc1nc(C)cs1. The smallest absolute Gasteiger partial charge is 0.283 e. The van der Waals surface area contributed by atoms with Crippen LogP contribution in [0.15, 0.2) is 28.7 Å². The monoisotopic (exact) mass is 298 g/mol. The van der Waals surface area contributed by atoms with Gasteiger partial charge in [0, 0.05) is 18.1 Å². The first-order valence-electron chi connectivity index (χ1n) is 5.67. The second-order valence-corrected chi connectivity index (χ2v) is 6.24. The Labute approximate surface area is 116 Å². The number of aryl methyl sites for hydroxylation is 1. The summed E-state index contributed by atoms with van der Waals surface area (Å²) in [4.78, 5) is 8.01. The van der Waals surface area contributed by atoms with Crippen LogP contribution in [0.5, 0.6) is 0 Å². The lowest BCUT2D eigenvalue weighted by atomic mass is 10.4. The van der Waals surface area contributed by atoms with E-state index in [1.165, 1.54) is 17.5 Å². The topological polar surface area (TPSA) is 84.0 Å². The maximum atomic E-state index is 12.3. The third kappa shape index (κ3) is 3.21. The molecule has 0 amide bonds. The highest BCUT2D eigenvalue weighted by molar-refractivity contribution is 7.93. The molecule has 2 rings (SSSR count). The number of nitrogens with one attached hydrogen (secondary N) is 2. The highest BCUT2D eigenvalue weighted by Gasteiger charge is 2.21. The van der Waals surface area contributed by atoms with Crippen LogP contribution in [0.25, 0.3) is 0 Å². The van der Waals surface area contributed by atoms with Crippen LogP contribution in [-0.2, 0) is 10.0 Å². The molecule has 0 aliphatic carbocycles. The van der Waals surface area contributed by atoms with E-state index in [2.05, 4.69) is 20.0 Å². The van der Waals surface area contributed by atoms with Gasteiger partial charge in [-0.3, -0.25) is 4.72 Å². The van der Waals surface area contributed by atoms with Crippen LogP contribution in [0.4, 0.5) is 10.8 Å². The quantitative estimate of drug-likeness (QED) is 0.883. The fourth-order valence-electron chi connectivity index (χ4n) is 1.49. The summed E-state index contributed by atoms with van der Waals surface area (Å²) in [6.45, 7) is 4.31. The molecule has 2 heterocycles. The summed E-state index contributed by atoms with van der Waals surface area (Å²) in [6.07, 6.45) is 1.45. The Kier molecular flexibility index (Phi) is 4.01. The molecule has 8 heteroatoms. The zero-order chi connectivity index (χ0) is 13.9. The second-order valence-electron chi connectivity index (χ2n) is 3.79. The summed E-state index contributed by atoms with van der Waals surface area (Å²) in [6, 6.07) is 3.36. The lowest BCUT2D eigenvalue weighted by molar-refractivity contribution is 0.598. The Morgan fingerprint density at radius 2 is 2.21 bits per heavy atom. The van der Waals surface area contributed by atoms with Gasteiger partial charge in [0.2, 0.25) is 0 Å². The molecule has 0 unspecified atom stereocenters. The van der Waals surface area contributed by atoms with E-state index >= 15 is 0 Å². The molecule has 2 aromatic heterocycles. The molecule has 0 atom stereocenters. The van der Waals surface area contributed by atoms with Gasteiger partial charge in [0.25, 0.3) is 10.0 Å². The van der Waals surface area contributed by atoms with Crippen LogP contribution in [0.2, 0.25) is 0 Å². The van der Waals surface area contributed by atoms with E-state index < -0.39 is 10.0 Å². The van der Waals surface area contributed by atoms with Crippen molar-refractivity contribution >= 4 is 32.2 Å². The predicted octanol–water partition coefficient (Wildman–Crippen LogP) is 2.08. The van der Waals surface area contributed by atoms with Crippen molar-refractivity contribution in [3.8, 4) is 0 Å². The average Bonchev–Trinajstić information content (AvgIpc) is 2.75. The van der Waals surface area contributed by atoms with Crippen LogP contribution in [-0.4, -0.2) is 24.9 Å². The molecule has 0 aliphatic rings. The third-order valence-electron chi connectivity index (χ3n) is 2.23. The number of thiazole rings is 1. The van der Waals surface area contributed by atoms with Crippen molar-refractivity contribution in [3.63, 3.8) is 0 Å². The van der Waals surface area contributed by atoms with Gasteiger partial charge in [0.05, 0.1) is 11.4 Å². The minimum Gasteiger partial charge on any atom is -0.383 e. The van der Waals surface area contributed by atoms with Crippen LogP contribution >= 0.6 is 11.3 Å². The van der Waals surface area contributed by atoms with Crippen molar-refractivity contribution in [3.05, 3.63) is 29.4 Å². The lowest BCUT2D eigenvalue weighted by Crippen LogP contribution is -2.16. The summed E-state index contributed by atoms with van der Waals surface area (Å²) < 4.78 is 27.0. The first kappa shape index (κ1) is 13.8. The summed E-state index contributed by atoms with van der Waals surface area (Å²) in [5, 5.41) is 5.07. The molecule has 19 heavy (non-hydrogen) atoms. The number of aromatic nitrogens is 2. The molecule has 0 spiro atoms. The van der Waals surface area contributed by atoms with Crippen molar-refractivity contribution in [1.29, 1.82) is 0 Å². The number of pyridine rings is 1. The van der Waals surface area contributed by atoms with Gasteiger partial charge in [-0.05, 0) is 26.0 Å². The molecule has 0 saturated heterocycles. The molecular weight excluding hydrogens is 284 g/mol. The number of sulfonamides is 1. The number of nitrogens with zero attached hydrogens (tertiary/aromatic N) is 2. The zero-order valence-corrected chi connectivity index (χ0v) is 12.2. The minimum absolute atomic E-state index is 0.0234. The molecule has 0 aliphatic heterocycles.